The van der Waals surface area contributed by atoms with E-state index in [1.54, 1.807) is 9.58 Å². The van der Waals surface area contributed by atoms with E-state index in [2.05, 4.69) is 10.3 Å². The molecule has 1 aromatic carbocycles. The van der Waals surface area contributed by atoms with Crippen LogP contribution in [0.1, 0.15) is 28.9 Å². The van der Waals surface area contributed by atoms with Crippen molar-refractivity contribution in [3.63, 3.8) is 0 Å². The second-order valence-electron chi connectivity index (χ2n) is 6.24. The van der Waals surface area contributed by atoms with Crippen molar-refractivity contribution in [2.45, 2.75) is 25.8 Å². The third-order valence-corrected chi connectivity index (χ3v) is 4.79. The lowest BCUT2D eigenvalue weighted by molar-refractivity contribution is 0.0676. The molecule has 0 saturated carbocycles. The molecule has 1 aromatic heterocycles. The summed E-state index contributed by atoms with van der Waals surface area (Å²) in [6, 6.07) is 4.27. The van der Waals surface area contributed by atoms with Gasteiger partial charge in [0.25, 0.3) is 5.91 Å². The molecule has 0 unspecified atom stereocenters. The predicted molar refractivity (Wildman–Crippen MR) is 90.8 cm³/mol. The van der Waals surface area contributed by atoms with Gasteiger partial charge in [0.15, 0.2) is 0 Å². The van der Waals surface area contributed by atoms with E-state index in [9.17, 15) is 9.18 Å². The van der Waals surface area contributed by atoms with E-state index >= 15 is 0 Å². The van der Waals surface area contributed by atoms with Gasteiger partial charge in [0, 0.05) is 38.9 Å². The summed E-state index contributed by atoms with van der Waals surface area (Å²) in [7, 11) is 0. The second kappa shape index (κ2) is 7.93. The number of hydrogen-bond acceptors (Lipinski definition) is 4. The molecule has 6 nitrogen and oxygen atoms in total. The number of likely N-dealkylation sites (tertiary alicyclic amines) is 1. The quantitative estimate of drug-likeness (QED) is 0.880. The van der Waals surface area contributed by atoms with Crippen molar-refractivity contribution in [3.05, 3.63) is 46.5 Å². The second-order valence-corrected chi connectivity index (χ2v) is 6.64. The number of aliphatic hydroxyl groups is 1. The van der Waals surface area contributed by atoms with Crippen LogP contribution in [0.5, 0.6) is 0 Å². The number of halogens is 2. The number of benzene rings is 1. The maximum atomic E-state index is 13.9. The lowest BCUT2D eigenvalue weighted by atomic mass is 9.96. The number of carbonyl (C=O) groups excluding carboxylic acids is 1. The highest BCUT2D eigenvalue weighted by Gasteiger charge is 2.27. The van der Waals surface area contributed by atoms with Gasteiger partial charge in [-0.25, -0.2) is 4.39 Å². The summed E-state index contributed by atoms with van der Waals surface area (Å²) in [6.45, 7) is 1.90. The van der Waals surface area contributed by atoms with Gasteiger partial charge in [-0.2, -0.15) is 0 Å². The molecule has 0 spiro atoms. The zero-order chi connectivity index (χ0) is 17.8. The summed E-state index contributed by atoms with van der Waals surface area (Å²) in [5.41, 5.74) is 0.719. The van der Waals surface area contributed by atoms with E-state index in [0.717, 1.165) is 25.1 Å². The van der Waals surface area contributed by atoms with Gasteiger partial charge >= 0.3 is 0 Å². The zero-order valence-corrected chi connectivity index (χ0v) is 14.5. The summed E-state index contributed by atoms with van der Waals surface area (Å²) in [6.07, 6.45) is 3.96. The van der Waals surface area contributed by atoms with Gasteiger partial charge in [-0.1, -0.05) is 22.9 Å². The molecule has 2 aromatic rings. The summed E-state index contributed by atoms with van der Waals surface area (Å²) >= 11 is 5.98. The number of carbonyl (C=O) groups is 1. The van der Waals surface area contributed by atoms with Crippen molar-refractivity contribution in [1.29, 1.82) is 0 Å². The van der Waals surface area contributed by atoms with Crippen LogP contribution in [0.2, 0.25) is 5.02 Å². The number of piperidine rings is 1. The van der Waals surface area contributed by atoms with Gasteiger partial charge in [0.2, 0.25) is 0 Å². The minimum atomic E-state index is -0.585. The van der Waals surface area contributed by atoms with Crippen LogP contribution < -0.4 is 0 Å². The summed E-state index contributed by atoms with van der Waals surface area (Å²) in [4.78, 5) is 14.2. The summed E-state index contributed by atoms with van der Waals surface area (Å²) in [5, 5.41) is 17.1. The molecular formula is C17H20ClFN4O2. The molecule has 25 heavy (non-hydrogen) atoms. The molecule has 0 atom stereocenters. The smallest absolute Gasteiger partial charge is 0.258 e. The highest BCUT2D eigenvalue weighted by Crippen LogP contribution is 2.25. The summed E-state index contributed by atoms with van der Waals surface area (Å²) < 4.78 is 15.7. The van der Waals surface area contributed by atoms with Crippen molar-refractivity contribution < 1.29 is 14.3 Å². The van der Waals surface area contributed by atoms with Gasteiger partial charge < -0.3 is 10.0 Å². The predicted octanol–water partition coefficient (Wildman–Crippen LogP) is 2.16. The van der Waals surface area contributed by atoms with Crippen molar-refractivity contribution in [2.24, 2.45) is 5.92 Å². The van der Waals surface area contributed by atoms with Gasteiger partial charge in [0.05, 0.1) is 16.3 Å². The minimum absolute atomic E-state index is 0.0486. The first-order chi connectivity index (χ1) is 12.1. The molecule has 1 N–H and O–H groups in total. The van der Waals surface area contributed by atoms with Crippen molar-refractivity contribution in [2.75, 3.05) is 19.7 Å². The van der Waals surface area contributed by atoms with Crippen LogP contribution in [-0.2, 0) is 13.0 Å². The Morgan fingerprint density at radius 1 is 1.36 bits per heavy atom. The molecule has 134 valence electrons. The fourth-order valence-corrected chi connectivity index (χ4v) is 3.34. The normalized spacial score (nSPS) is 15.6. The Morgan fingerprint density at radius 3 is 2.80 bits per heavy atom. The van der Waals surface area contributed by atoms with Crippen molar-refractivity contribution in [1.82, 2.24) is 19.9 Å². The molecule has 0 bridgehead atoms. The Bertz CT molecular complexity index is 724. The molecule has 1 aliphatic heterocycles. The number of rotatable bonds is 5. The number of aliphatic hydroxyl groups excluding tert-OH is 1. The Kier molecular flexibility index (Phi) is 5.65. The van der Waals surface area contributed by atoms with E-state index < -0.39 is 5.82 Å². The Morgan fingerprint density at radius 2 is 2.12 bits per heavy atom. The van der Waals surface area contributed by atoms with Crippen LogP contribution in [0.15, 0.2) is 24.4 Å². The van der Waals surface area contributed by atoms with Crippen LogP contribution in [0.4, 0.5) is 4.39 Å². The van der Waals surface area contributed by atoms with E-state index in [-0.39, 0.29) is 23.1 Å². The third-order valence-electron chi connectivity index (χ3n) is 4.48. The monoisotopic (exact) mass is 366 g/mol. The first kappa shape index (κ1) is 17.8. The molecule has 1 aliphatic rings. The lowest BCUT2D eigenvalue weighted by Crippen LogP contribution is -2.39. The van der Waals surface area contributed by atoms with Crippen LogP contribution >= 0.6 is 11.6 Å². The highest BCUT2D eigenvalue weighted by molar-refractivity contribution is 6.33. The Hall–Kier alpha value is -1.99. The minimum Gasteiger partial charge on any atom is -0.396 e. The number of aromatic nitrogens is 3. The fraction of sp³-hybridized carbons (Fsp3) is 0.471. The SMILES string of the molecule is O=C(c1c(F)cccc1Cl)N1CCC(Cn2cc(CCO)nn2)CC1. The topological polar surface area (TPSA) is 71.2 Å². The highest BCUT2D eigenvalue weighted by atomic mass is 35.5. The molecule has 2 heterocycles. The molecular weight excluding hydrogens is 347 g/mol. The molecule has 1 fully saturated rings. The lowest BCUT2D eigenvalue weighted by Gasteiger charge is -2.32. The molecule has 0 aliphatic carbocycles. The van der Waals surface area contributed by atoms with E-state index in [0.29, 0.717) is 25.4 Å². The van der Waals surface area contributed by atoms with Crippen LogP contribution in [0.25, 0.3) is 0 Å². The number of nitrogens with zero attached hydrogens (tertiary/aromatic N) is 4. The van der Waals surface area contributed by atoms with E-state index in [1.807, 2.05) is 6.20 Å². The average molecular weight is 367 g/mol. The average Bonchev–Trinajstić information content (AvgIpc) is 3.03. The zero-order valence-electron chi connectivity index (χ0n) is 13.7. The van der Waals surface area contributed by atoms with Gasteiger partial charge in [-0.3, -0.25) is 9.48 Å². The number of amides is 1. The van der Waals surface area contributed by atoms with Gasteiger partial charge in [-0.15, -0.1) is 5.10 Å². The maximum absolute atomic E-state index is 13.9. The van der Waals surface area contributed by atoms with E-state index in [4.69, 9.17) is 16.7 Å². The summed E-state index contributed by atoms with van der Waals surface area (Å²) in [5.74, 6) is -0.560. The molecule has 1 saturated heterocycles. The van der Waals surface area contributed by atoms with Gasteiger partial charge in [-0.05, 0) is 30.9 Å². The largest absolute Gasteiger partial charge is 0.396 e. The molecule has 8 heteroatoms. The van der Waals surface area contributed by atoms with Crippen molar-refractivity contribution in [3.8, 4) is 0 Å². The first-order valence-electron chi connectivity index (χ1n) is 8.31. The Balaban J connectivity index is 1.57. The fourth-order valence-electron chi connectivity index (χ4n) is 3.10. The maximum Gasteiger partial charge on any atom is 0.258 e. The molecule has 3 rings (SSSR count). The first-order valence-corrected chi connectivity index (χ1v) is 8.69. The van der Waals surface area contributed by atoms with Crippen LogP contribution in [0.3, 0.4) is 0 Å². The standard InChI is InChI=1S/C17H20ClFN4O2/c18-14-2-1-3-15(19)16(14)17(25)22-7-4-12(5-8-22)10-23-11-13(6-9-24)20-21-23/h1-3,11-12,24H,4-10H2. The van der Waals surface area contributed by atoms with Crippen LogP contribution in [0, 0.1) is 11.7 Å². The molecule has 0 radical (unpaired) electrons. The van der Waals surface area contributed by atoms with Crippen molar-refractivity contribution >= 4 is 17.5 Å². The van der Waals surface area contributed by atoms with Gasteiger partial charge in [0.1, 0.15) is 5.82 Å². The number of hydrogen-bond donors (Lipinski definition) is 1. The third kappa shape index (κ3) is 4.16. The molecule has 1 amide bonds. The van der Waals surface area contributed by atoms with E-state index in [1.165, 1.54) is 18.2 Å². The van der Waals surface area contributed by atoms with Crippen LogP contribution in [-0.4, -0.2) is 50.6 Å². The Labute approximate surface area is 150 Å².